The Kier molecular flexibility index (Phi) is 3.60. The van der Waals surface area contributed by atoms with Crippen molar-refractivity contribution < 1.29 is 4.43 Å². The number of fused-ring (bicyclic) bond motifs is 1. The van der Waals surface area contributed by atoms with Crippen molar-refractivity contribution in [3.63, 3.8) is 0 Å². The fourth-order valence-electron chi connectivity index (χ4n) is 2.08. The molecule has 0 aliphatic carbocycles. The summed E-state index contributed by atoms with van der Waals surface area (Å²) in [6.45, 7) is 1.72. The second-order valence-corrected chi connectivity index (χ2v) is 5.45. The molecule has 1 aromatic carbocycles. The smallest absolute Gasteiger partial charge is 0.285 e. The van der Waals surface area contributed by atoms with Crippen LogP contribution in [-0.2, 0) is 5.75 Å². The minimum absolute atomic E-state index is 0.379. The van der Waals surface area contributed by atoms with E-state index in [0.717, 1.165) is 33.8 Å². The summed E-state index contributed by atoms with van der Waals surface area (Å²) in [6, 6.07) is 6.79. The second kappa shape index (κ2) is 5.54. The fourth-order valence-corrected chi connectivity index (χ4v) is 2.94. The van der Waals surface area contributed by atoms with Gasteiger partial charge < -0.3 is 15.3 Å². The number of para-hydroxylation sites is 2. The third-order valence-electron chi connectivity index (χ3n) is 3.09. The highest BCUT2D eigenvalue weighted by atomic mass is 32.2. The average molecular weight is 290 g/mol. The predicted octanol–water partition coefficient (Wildman–Crippen LogP) is 1.48. The summed E-state index contributed by atoms with van der Waals surface area (Å²) in [4.78, 5) is 16.2. The highest BCUT2D eigenvalue weighted by Crippen LogP contribution is 2.17. The van der Waals surface area contributed by atoms with E-state index in [-0.39, 0.29) is 0 Å². The number of nitrogens with one attached hydrogen (secondary N) is 1. The molecule has 0 amide bonds. The summed E-state index contributed by atoms with van der Waals surface area (Å²) in [5.41, 5.74) is 1.20. The lowest BCUT2D eigenvalue weighted by atomic mass is 10.3. The van der Waals surface area contributed by atoms with Gasteiger partial charge in [0.25, 0.3) is 5.52 Å². The number of rotatable bonds is 2. The summed E-state index contributed by atoms with van der Waals surface area (Å²) in [5, 5.41) is 16.3. The van der Waals surface area contributed by atoms with Crippen molar-refractivity contribution in [2.45, 2.75) is 12.2 Å². The van der Waals surface area contributed by atoms with Gasteiger partial charge in [0.15, 0.2) is 5.17 Å². The van der Waals surface area contributed by atoms with Gasteiger partial charge in [0.2, 0.25) is 6.20 Å². The normalized spacial score (nSPS) is 14.9. The van der Waals surface area contributed by atoms with Gasteiger partial charge >= 0.3 is 0 Å². The van der Waals surface area contributed by atoms with Crippen LogP contribution in [0, 0.1) is 10.1 Å². The van der Waals surface area contributed by atoms with Gasteiger partial charge in [-0.25, -0.2) is 0 Å². The second-order valence-electron chi connectivity index (χ2n) is 4.49. The van der Waals surface area contributed by atoms with Crippen molar-refractivity contribution in [2.24, 2.45) is 4.99 Å². The van der Waals surface area contributed by atoms with Crippen molar-refractivity contribution in [1.82, 2.24) is 10.0 Å². The van der Waals surface area contributed by atoms with E-state index in [9.17, 15) is 10.1 Å². The molecule has 0 spiro atoms. The van der Waals surface area contributed by atoms with Crippen LogP contribution in [0.25, 0.3) is 11.0 Å². The van der Waals surface area contributed by atoms with E-state index in [1.165, 1.54) is 18.0 Å². The first-order valence-electron chi connectivity index (χ1n) is 6.40. The van der Waals surface area contributed by atoms with Crippen LogP contribution in [-0.4, -0.2) is 23.0 Å². The monoisotopic (exact) mass is 290 g/mol. The van der Waals surface area contributed by atoms with Crippen LogP contribution < -0.4 is 9.74 Å². The largest absolute Gasteiger partial charge is 0.805 e. The minimum atomic E-state index is 0.379. The maximum absolute atomic E-state index is 12.2. The standard InChI is InChI=1S/C13H14N4O2S/c18-16-8-10(9-20-13-14-6-3-7-15-13)17(19)12-5-2-1-4-11(12)16/h1-2,4-5,8H,3,6-7,9H2,(H,14,15). The zero-order chi connectivity index (χ0) is 13.9. The Morgan fingerprint density at radius 1 is 1.45 bits per heavy atom. The summed E-state index contributed by atoms with van der Waals surface area (Å²) >= 11 is 1.45. The van der Waals surface area contributed by atoms with Crippen LogP contribution in [0.3, 0.4) is 0 Å². The average Bonchev–Trinajstić information content (AvgIpc) is 2.50. The summed E-state index contributed by atoms with van der Waals surface area (Å²) < 4.78 is 1.57. The van der Waals surface area contributed by atoms with Crippen LogP contribution in [0.4, 0.5) is 0 Å². The van der Waals surface area contributed by atoms with E-state index in [1.54, 1.807) is 24.3 Å². The molecule has 1 N–H and O–H groups in total. The number of aromatic nitrogens is 2. The molecule has 0 radical (unpaired) electrons. The van der Waals surface area contributed by atoms with Gasteiger partial charge in [-0.15, -0.1) is 0 Å². The van der Waals surface area contributed by atoms with Crippen molar-refractivity contribution in [3.8, 4) is 0 Å². The van der Waals surface area contributed by atoms with E-state index in [0.29, 0.717) is 22.5 Å². The first-order valence-corrected chi connectivity index (χ1v) is 7.39. The topological polar surface area (TPSA) is 75.3 Å². The number of nitrogens with zero attached hydrogens (tertiary/aromatic N) is 3. The zero-order valence-corrected chi connectivity index (χ0v) is 11.6. The van der Waals surface area contributed by atoms with Crippen molar-refractivity contribution >= 4 is 28.0 Å². The lowest BCUT2D eigenvalue weighted by Crippen LogP contribution is -2.27. The molecule has 1 aliphatic heterocycles. The Balaban J connectivity index is 1.90. The van der Waals surface area contributed by atoms with Gasteiger partial charge in [-0.1, -0.05) is 23.9 Å². The Morgan fingerprint density at radius 2 is 2.30 bits per heavy atom. The molecule has 20 heavy (non-hydrogen) atoms. The van der Waals surface area contributed by atoms with Crippen LogP contribution in [0.15, 0.2) is 35.5 Å². The molecular formula is C13H14N4O2S. The molecule has 104 valence electrons. The summed E-state index contributed by atoms with van der Waals surface area (Å²) in [5.74, 6) is 0.419. The number of hydrogen-bond acceptors (Lipinski definition) is 5. The van der Waals surface area contributed by atoms with Crippen molar-refractivity contribution in [3.05, 3.63) is 46.3 Å². The van der Waals surface area contributed by atoms with Gasteiger partial charge in [-0.3, -0.25) is 4.99 Å². The molecule has 0 bridgehead atoms. The lowest BCUT2D eigenvalue weighted by Gasteiger charge is -2.18. The molecular weight excluding hydrogens is 276 g/mol. The number of benzene rings is 1. The maximum Gasteiger partial charge on any atom is 0.285 e. The first kappa shape index (κ1) is 13.0. The Morgan fingerprint density at radius 3 is 3.10 bits per heavy atom. The van der Waals surface area contributed by atoms with E-state index < -0.39 is 0 Å². The molecule has 0 fully saturated rings. The maximum atomic E-state index is 12.2. The van der Waals surface area contributed by atoms with Gasteiger partial charge in [0.05, 0.1) is 10.1 Å². The number of amidine groups is 1. The molecule has 0 saturated heterocycles. The Bertz CT molecular complexity index is 726. The number of aliphatic imine (C=N–C) groups is 1. The Hall–Kier alpha value is -2.02. The van der Waals surface area contributed by atoms with Crippen LogP contribution >= 0.6 is 11.8 Å². The molecule has 2 aromatic rings. The van der Waals surface area contributed by atoms with Crippen LogP contribution in [0.2, 0.25) is 0 Å². The quantitative estimate of drug-likeness (QED) is 0.850. The lowest BCUT2D eigenvalue weighted by molar-refractivity contribution is -0.465. The minimum Gasteiger partial charge on any atom is -0.805 e. The van der Waals surface area contributed by atoms with Crippen molar-refractivity contribution in [2.75, 3.05) is 13.1 Å². The molecule has 0 saturated carbocycles. The van der Waals surface area contributed by atoms with Crippen molar-refractivity contribution in [1.29, 1.82) is 0 Å². The molecule has 1 aliphatic rings. The molecule has 0 unspecified atom stereocenters. The number of hydrogen-bond donors (Lipinski definition) is 1. The van der Waals surface area contributed by atoms with Gasteiger partial charge in [-0.2, -0.15) is 0 Å². The highest BCUT2D eigenvalue weighted by Gasteiger charge is 2.13. The van der Waals surface area contributed by atoms with Crippen LogP contribution in [0.1, 0.15) is 12.1 Å². The SMILES string of the molecule is O=[n+]1cc(CSC2=NCCCN2)n([O-])c2ccccc21. The molecule has 7 heteroatoms. The zero-order valence-electron chi connectivity index (χ0n) is 10.8. The summed E-state index contributed by atoms with van der Waals surface area (Å²) in [6.07, 6.45) is 2.37. The molecule has 6 nitrogen and oxygen atoms in total. The highest BCUT2D eigenvalue weighted by molar-refractivity contribution is 8.13. The fraction of sp³-hybridized carbons (Fsp3) is 0.308. The number of thioether (sulfide) groups is 1. The van der Waals surface area contributed by atoms with Gasteiger partial charge in [0.1, 0.15) is 5.52 Å². The molecule has 3 rings (SSSR count). The van der Waals surface area contributed by atoms with E-state index in [1.807, 2.05) is 0 Å². The van der Waals surface area contributed by atoms with Gasteiger partial charge in [0, 0.05) is 29.8 Å². The van der Waals surface area contributed by atoms with E-state index in [2.05, 4.69) is 10.3 Å². The summed E-state index contributed by atoms with van der Waals surface area (Å²) in [7, 11) is 0. The third-order valence-corrected chi connectivity index (χ3v) is 4.08. The van der Waals surface area contributed by atoms with E-state index in [4.69, 9.17) is 0 Å². The predicted molar refractivity (Wildman–Crippen MR) is 80.3 cm³/mol. The molecule has 2 heterocycles. The Labute approximate surface area is 119 Å². The van der Waals surface area contributed by atoms with E-state index >= 15 is 0 Å². The van der Waals surface area contributed by atoms with Crippen LogP contribution in [0.5, 0.6) is 0 Å². The molecule has 1 aromatic heterocycles. The molecule has 0 atom stereocenters. The van der Waals surface area contributed by atoms with Gasteiger partial charge in [-0.05, 0) is 12.5 Å². The third kappa shape index (κ3) is 2.49. The first-order chi connectivity index (χ1) is 9.75.